The van der Waals surface area contributed by atoms with Crippen LogP contribution in [-0.4, -0.2) is 0 Å². The van der Waals surface area contributed by atoms with Crippen molar-refractivity contribution in [2.75, 3.05) is 0 Å². The molecule has 0 fully saturated rings. The summed E-state index contributed by atoms with van der Waals surface area (Å²) < 4.78 is 0. The molecule has 0 atom stereocenters. The maximum absolute atomic E-state index is 4.66. The van der Waals surface area contributed by atoms with E-state index in [-0.39, 0.29) is 0 Å². The third kappa shape index (κ3) is 2.76. The van der Waals surface area contributed by atoms with Gasteiger partial charge in [0.05, 0.1) is 0 Å². The number of allylic oxidation sites excluding steroid dienone is 16. The van der Waals surface area contributed by atoms with Crippen molar-refractivity contribution in [3.8, 4) is 0 Å². The monoisotopic (exact) mass is 426 g/mol. The number of hydrogen-bond donors (Lipinski definition) is 0. The van der Waals surface area contributed by atoms with Gasteiger partial charge < -0.3 is 0 Å². The van der Waals surface area contributed by atoms with Crippen LogP contribution < -0.4 is 0 Å². The summed E-state index contributed by atoms with van der Waals surface area (Å²) in [5, 5.41) is 3.91. The molecule has 0 aliphatic heterocycles. The first-order valence-corrected chi connectivity index (χ1v) is 14.2. The topological polar surface area (TPSA) is 0 Å². The standard InChI is InChI=1S/C24H28BrP/c25-26(21-13-5-1-6-14-21,22-15-7-2-8-16-22,23-17-9-3-10-18-23)24-19-11-4-12-20-24/h1-5,7,9,11,13,15,17,19H,6,8,10,12,14,16,18,20H2. The van der Waals surface area contributed by atoms with Crippen LogP contribution >= 0.6 is 20.8 Å². The molecule has 2 heteroatoms. The van der Waals surface area contributed by atoms with Crippen LogP contribution in [0, 0.1) is 0 Å². The molecule has 0 nitrogen and oxygen atoms in total. The Morgan fingerprint density at radius 3 is 0.962 bits per heavy atom. The van der Waals surface area contributed by atoms with E-state index >= 15 is 0 Å². The molecule has 136 valence electrons. The van der Waals surface area contributed by atoms with Crippen LogP contribution in [0.25, 0.3) is 0 Å². The van der Waals surface area contributed by atoms with E-state index in [2.05, 4.69) is 88.4 Å². The van der Waals surface area contributed by atoms with Gasteiger partial charge in [-0.1, -0.05) is 0 Å². The van der Waals surface area contributed by atoms with Crippen molar-refractivity contribution in [3.63, 3.8) is 0 Å². The van der Waals surface area contributed by atoms with Crippen molar-refractivity contribution in [2.24, 2.45) is 0 Å². The summed E-state index contributed by atoms with van der Waals surface area (Å²) in [6.07, 6.45) is 37.5. The Morgan fingerprint density at radius 2 is 0.769 bits per heavy atom. The molecule has 26 heavy (non-hydrogen) atoms. The van der Waals surface area contributed by atoms with Gasteiger partial charge in [-0.2, -0.15) is 0 Å². The molecule has 0 aromatic carbocycles. The Balaban J connectivity index is 2.06. The van der Waals surface area contributed by atoms with Crippen LogP contribution in [-0.2, 0) is 0 Å². The van der Waals surface area contributed by atoms with Gasteiger partial charge in [-0.25, -0.2) is 0 Å². The molecule has 0 amide bonds. The van der Waals surface area contributed by atoms with Crippen LogP contribution in [0.1, 0.15) is 51.4 Å². The van der Waals surface area contributed by atoms with Crippen LogP contribution in [0.3, 0.4) is 0 Å². The van der Waals surface area contributed by atoms with Gasteiger partial charge in [0.1, 0.15) is 0 Å². The fourth-order valence-electron chi connectivity index (χ4n) is 4.87. The first-order valence-electron chi connectivity index (χ1n) is 9.93. The molecule has 0 saturated carbocycles. The van der Waals surface area contributed by atoms with E-state index in [1.165, 1.54) is 25.7 Å². The predicted molar refractivity (Wildman–Crippen MR) is 122 cm³/mol. The summed E-state index contributed by atoms with van der Waals surface area (Å²) in [4.78, 5) is 0. The van der Waals surface area contributed by atoms with Crippen LogP contribution in [0.15, 0.2) is 94.2 Å². The molecule has 0 heterocycles. The number of halogens is 1. The van der Waals surface area contributed by atoms with Gasteiger partial charge in [0, 0.05) is 0 Å². The molecule has 4 aliphatic carbocycles. The second-order valence-electron chi connectivity index (χ2n) is 7.51. The minimum absolute atomic E-state index is 1.16. The first kappa shape index (κ1) is 18.2. The molecule has 4 aliphatic rings. The second kappa shape index (κ2) is 7.45. The second-order valence-corrected chi connectivity index (χ2v) is 16.1. The summed E-state index contributed by atoms with van der Waals surface area (Å²) in [6.45, 7) is 0. The Hall–Kier alpha value is -1.17. The predicted octanol–water partition coefficient (Wildman–Crippen LogP) is 8.79. The average molecular weight is 427 g/mol. The molecular weight excluding hydrogens is 399 g/mol. The summed E-state index contributed by atoms with van der Waals surface area (Å²) in [6, 6.07) is 0. The number of rotatable bonds is 4. The van der Waals surface area contributed by atoms with E-state index in [0.29, 0.717) is 0 Å². The molecular formula is C24H28BrP. The Bertz CT molecular complexity index is 687. The molecule has 0 radical (unpaired) electrons. The molecule has 4 rings (SSSR count). The van der Waals surface area contributed by atoms with E-state index in [1.54, 1.807) is 21.3 Å². The zero-order valence-electron chi connectivity index (χ0n) is 15.4. The van der Waals surface area contributed by atoms with Gasteiger partial charge in [0.15, 0.2) is 0 Å². The Kier molecular flexibility index (Phi) is 5.22. The van der Waals surface area contributed by atoms with Crippen LogP contribution in [0.5, 0.6) is 0 Å². The fraction of sp³-hybridized carbons (Fsp3) is 0.333. The van der Waals surface area contributed by atoms with Crippen molar-refractivity contribution < 1.29 is 0 Å². The third-order valence-electron chi connectivity index (χ3n) is 6.12. The van der Waals surface area contributed by atoms with E-state index in [1.807, 2.05) is 0 Å². The summed E-state index contributed by atoms with van der Waals surface area (Å²) in [5.41, 5.74) is 0. The summed E-state index contributed by atoms with van der Waals surface area (Å²) in [7, 11) is 0. The van der Waals surface area contributed by atoms with Gasteiger partial charge in [-0.05, 0) is 0 Å². The SMILES string of the molecule is BrP(C1=CC=CCC1)(C1=CC=CCC1)(C1=CC=CCC1)C1=CC=CCC1. The zero-order valence-corrected chi connectivity index (χ0v) is 17.9. The van der Waals surface area contributed by atoms with E-state index < -0.39 is 5.31 Å². The van der Waals surface area contributed by atoms with Gasteiger partial charge in [-0.3, -0.25) is 0 Å². The Labute approximate surface area is 166 Å². The molecule has 0 unspecified atom stereocenters. The minimum atomic E-state index is -2.66. The maximum atomic E-state index is 4.66. The molecule has 0 bridgehead atoms. The van der Waals surface area contributed by atoms with Gasteiger partial charge in [0.2, 0.25) is 0 Å². The van der Waals surface area contributed by atoms with Crippen molar-refractivity contribution in [2.45, 2.75) is 51.4 Å². The first-order chi connectivity index (χ1) is 12.7. The normalized spacial score (nSPS) is 24.3. The van der Waals surface area contributed by atoms with Crippen molar-refractivity contribution >= 4 is 20.8 Å². The van der Waals surface area contributed by atoms with Crippen LogP contribution in [0.2, 0.25) is 0 Å². The quantitative estimate of drug-likeness (QED) is 0.393. The molecule has 0 N–H and O–H groups in total. The number of hydrogen-bond acceptors (Lipinski definition) is 0. The van der Waals surface area contributed by atoms with E-state index in [9.17, 15) is 0 Å². The van der Waals surface area contributed by atoms with E-state index in [0.717, 1.165) is 25.7 Å². The van der Waals surface area contributed by atoms with Crippen molar-refractivity contribution in [1.82, 2.24) is 0 Å². The zero-order chi connectivity index (χ0) is 17.9. The molecule has 0 aromatic heterocycles. The van der Waals surface area contributed by atoms with Gasteiger partial charge in [0.25, 0.3) is 0 Å². The van der Waals surface area contributed by atoms with Crippen molar-refractivity contribution in [1.29, 1.82) is 0 Å². The molecule has 0 aromatic rings. The molecule has 0 saturated heterocycles. The molecule has 0 spiro atoms. The Morgan fingerprint density at radius 1 is 0.500 bits per heavy atom. The van der Waals surface area contributed by atoms with Gasteiger partial charge in [-0.15, -0.1) is 0 Å². The summed E-state index contributed by atoms with van der Waals surface area (Å²) in [5.74, 6) is 0. The summed E-state index contributed by atoms with van der Waals surface area (Å²) >= 11 is 4.66. The van der Waals surface area contributed by atoms with E-state index in [4.69, 9.17) is 0 Å². The fourth-order valence-corrected chi connectivity index (χ4v) is 14.3. The van der Waals surface area contributed by atoms with Gasteiger partial charge >= 0.3 is 166 Å². The van der Waals surface area contributed by atoms with Crippen LogP contribution in [0.4, 0.5) is 0 Å². The third-order valence-corrected chi connectivity index (χ3v) is 17.4. The van der Waals surface area contributed by atoms with Crippen molar-refractivity contribution in [3.05, 3.63) is 94.2 Å². The average Bonchev–Trinajstić information content (AvgIpc) is 2.76.